The molecule has 4 aromatic rings. The van der Waals surface area contributed by atoms with Crippen LogP contribution in [0.3, 0.4) is 0 Å². The van der Waals surface area contributed by atoms with Gasteiger partial charge in [0.2, 0.25) is 0 Å². The largest absolute Gasteiger partial charge is 0.394 e. The van der Waals surface area contributed by atoms with Crippen molar-refractivity contribution < 1.29 is 14.6 Å². The van der Waals surface area contributed by atoms with Crippen LogP contribution in [0.25, 0.3) is 22.4 Å². The van der Waals surface area contributed by atoms with E-state index in [0.29, 0.717) is 39.4 Å². The number of aryl methyl sites for hydroxylation is 1. The molecule has 30 heavy (non-hydrogen) atoms. The highest BCUT2D eigenvalue weighted by Gasteiger charge is 2.19. The molecule has 0 amide bonds. The van der Waals surface area contributed by atoms with Gasteiger partial charge >= 0.3 is 0 Å². The van der Waals surface area contributed by atoms with Crippen molar-refractivity contribution in [2.24, 2.45) is 0 Å². The number of halogens is 1. The predicted octanol–water partition coefficient (Wildman–Crippen LogP) is 2.74. The fourth-order valence-electron chi connectivity index (χ4n) is 3.16. The summed E-state index contributed by atoms with van der Waals surface area (Å²) in [5, 5.41) is 26.3. The summed E-state index contributed by atoms with van der Waals surface area (Å²) in [6.45, 7) is 3.37. The molecule has 0 aliphatic heterocycles. The van der Waals surface area contributed by atoms with Crippen molar-refractivity contribution in [3.8, 4) is 11.4 Å². The van der Waals surface area contributed by atoms with Crippen LogP contribution in [0.5, 0.6) is 0 Å². The van der Waals surface area contributed by atoms with Crippen molar-refractivity contribution >= 4 is 22.4 Å². The number of hydrogen-bond acceptors (Lipinski definition) is 7. The molecule has 0 spiro atoms. The third-order valence-corrected chi connectivity index (χ3v) is 4.85. The number of anilines is 2. The Balaban J connectivity index is 1.77. The second-order valence-corrected chi connectivity index (χ2v) is 6.98. The Bertz CT molecular complexity index is 1200. The maximum Gasteiger partial charge on any atom is 0.174 e. The Labute approximate surface area is 172 Å². The average molecular weight is 408 g/mol. The standard InChI is InChI=1S/C21H21FN6O2/c1-12-13(2)25-21(15-5-3-4-7-23-15)18(22)19(12)26-16-6-8-24-17-10-28(27-20(16)17)9-14(30)11-29/h3-8,10,14,29-30H,9,11H2,1-2H3,(H,25,26)/t14-/m0/s1. The van der Waals surface area contributed by atoms with Crippen molar-refractivity contribution in [3.05, 3.63) is 59.9 Å². The van der Waals surface area contributed by atoms with E-state index >= 15 is 4.39 Å². The van der Waals surface area contributed by atoms with Gasteiger partial charge < -0.3 is 15.5 Å². The lowest BCUT2D eigenvalue weighted by Crippen LogP contribution is -2.19. The quantitative estimate of drug-likeness (QED) is 0.450. The van der Waals surface area contributed by atoms with Crippen LogP contribution in [0.1, 0.15) is 11.3 Å². The van der Waals surface area contributed by atoms with E-state index in [1.54, 1.807) is 49.8 Å². The van der Waals surface area contributed by atoms with Gasteiger partial charge in [0.05, 0.1) is 42.5 Å². The van der Waals surface area contributed by atoms with Crippen molar-refractivity contribution in [1.29, 1.82) is 0 Å². The van der Waals surface area contributed by atoms with Crippen molar-refractivity contribution in [2.45, 2.75) is 26.5 Å². The molecule has 1 atom stereocenters. The molecule has 4 heterocycles. The van der Waals surface area contributed by atoms with Crippen LogP contribution >= 0.6 is 0 Å². The summed E-state index contributed by atoms with van der Waals surface area (Å²) in [7, 11) is 0. The first-order valence-electron chi connectivity index (χ1n) is 9.44. The van der Waals surface area contributed by atoms with Crippen LogP contribution < -0.4 is 5.32 Å². The highest BCUT2D eigenvalue weighted by Crippen LogP contribution is 2.33. The summed E-state index contributed by atoms with van der Waals surface area (Å²) in [5.74, 6) is -0.503. The summed E-state index contributed by atoms with van der Waals surface area (Å²) in [4.78, 5) is 12.9. The molecule has 0 bridgehead atoms. The highest BCUT2D eigenvalue weighted by atomic mass is 19.1. The van der Waals surface area contributed by atoms with Crippen molar-refractivity contribution in [2.75, 3.05) is 11.9 Å². The molecule has 0 unspecified atom stereocenters. The van der Waals surface area contributed by atoms with Gasteiger partial charge in [-0.1, -0.05) is 6.07 Å². The molecule has 3 N–H and O–H groups in total. The van der Waals surface area contributed by atoms with Gasteiger partial charge in [-0.25, -0.2) is 9.37 Å². The Kier molecular flexibility index (Phi) is 5.39. The molecule has 0 fully saturated rings. The van der Waals surface area contributed by atoms with Gasteiger partial charge in [0.25, 0.3) is 0 Å². The van der Waals surface area contributed by atoms with E-state index < -0.39 is 11.9 Å². The number of aliphatic hydroxyl groups excluding tert-OH is 2. The van der Waals surface area contributed by atoms with Gasteiger partial charge in [0, 0.05) is 18.1 Å². The highest BCUT2D eigenvalue weighted by molar-refractivity contribution is 5.90. The Morgan fingerprint density at radius 1 is 1.17 bits per heavy atom. The normalized spacial score (nSPS) is 12.3. The van der Waals surface area contributed by atoms with Gasteiger partial charge in [-0.05, 0) is 37.6 Å². The summed E-state index contributed by atoms with van der Waals surface area (Å²) in [6, 6.07) is 6.96. The smallest absolute Gasteiger partial charge is 0.174 e. The number of fused-ring (bicyclic) bond motifs is 1. The fraction of sp³-hybridized carbons (Fsp3) is 0.238. The topological polar surface area (TPSA) is 109 Å². The van der Waals surface area contributed by atoms with E-state index in [0.717, 1.165) is 0 Å². The first kappa shape index (κ1) is 19.9. The van der Waals surface area contributed by atoms with Gasteiger partial charge in [0.15, 0.2) is 5.82 Å². The molecular weight excluding hydrogens is 387 g/mol. The number of aliphatic hydroxyl groups is 2. The molecule has 154 valence electrons. The zero-order valence-electron chi connectivity index (χ0n) is 16.5. The zero-order valence-corrected chi connectivity index (χ0v) is 16.5. The minimum absolute atomic E-state index is 0.123. The van der Waals surface area contributed by atoms with E-state index in [9.17, 15) is 5.11 Å². The maximum atomic E-state index is 15.4. The van der Waals surface area contributed by atoms with E-state index in [-0.39, 0.29) is 18.8 Å². The van der Waals surface area contributed by atoms with Crippen molar-refractivity contribution in [1.82, 2.24) is 24.7 Å². The van der Waals surface area contributed by atoms with Gasteiger partial charge in [-0.15, -0.1) is 0 Å². The third kappa shape index (κ3) is 3.72. The number of pyridine rings is 3. The second kappa shape index (κ2) is 8.13. The predicted molar refractivity (Wildman–Crippen MR) is 111 cm³/mol. The molecule has 9 heteroatoms. The second-order valence-electron chi connectivity index (χ2n) is 6.98. The molecule has 0 saturated carbocycles. The minimum Gasteiger partial charge on any atom is -0.394 e. The number of nitrogens with one attached hydrogen (secondary N) is 1. The molecule has 0 aromatic carbocycles. The first-order valence-corrected chi connectivity index (χ1v) is 9.44. The van der Waals surface area contributed by atoms with Crippen molar-refractivity contribution in [3.63, 3.8) is 0 Å². The third-order valence-electron chi connectivity index (χ3n) is 4.85. The van der Waals surface area contributed by atoms with Crippen LogP contribution in [-0.2, 0) is 6.54 Å². The number of rotatable bonds is 6. The number of hydrogen-bond donors (Lipinski definition) is 3. The lowest BCUT2D eigenvalue weighted by molar-refractivity contribution is 0.0784. The van der Waals surface area contributed by atoms with Gasteiger partial charge in [-0.3, -0.25) is 14.6 Å². The molecule has 8 nitrogen and oxygen atoms in total. The Hall–Kier alpha value is -3.43. The van der Waals surface area contributed by atoms with E-state index in [4.69, 9.17) is 5.11 Å². The molecule has 0 aliphatic carbocycles. The summed E-state index contributed by atoms with van der Waals surface area (Å²) in [6.07, 6.45) is 3.93. The summed E-state index contributed by atoms with van der Waals surface area (Å²) >= 11 is 0. The van der Waals surface area contributed by atoms with Gasteiger partial charge in [-0.2, -0.15) is 5.10 Å². The van der Waals surface area contributed by atoms with Crippen LogP contribution in [0.4, 0.5) is 15.8 Å². The molecular formula is C21H21FN6O2. The summed E-state index contributed by atoms with van der Waals surface area (Å²) < 4.78 is 16.9. The lowest BCUT2D eigenvalue weighted by Gasteiger charge is -2.15. The van der Waals surface area contributed by atoms with E-state index in [2.05, 4.69) is 25.4 Å². The molecule has 4 aromatic heterocycles. The monoisotopic (exact) mass is 408 g/mol. The first-order chi connectivity index (χ1) is 14.5. The summed E-state index contributed by atoms with van der Waals surface area (Å²) in [5.41, 5.74) is 3.94. The lowest BCUT2D eigenvalue weighted by atomic mass is 10.1. The van der Waals surface area contributed by atoms with Gasteiger partial charge in [0.1, 0.15) is 16.7 Å². The van der Waals surface area contributed by atoms with Crippen LogP contribution in [0, 0.1) is 19.7 Å². The fourth-order valence-corrected chi connectivity index (χ4v) is 3.16. The minimum atomic E-state index is -0.931. The molecule has 0 aliphatic rings. The maximum absolute atomic E-state index is 15.4. The zero-order chi connectivity index (χ0) is 21.3. The Morgan fingerprint density at radius 3 is 2.73 bits per heavy atom. The Morgan fingerprint density at radius 2 is 2.00 bits per heavy atom. The van der Waals surface area contributed by atoms with Crippen LogP contribution in [0.2, 0.25) is 0 Å². The number of nitrogens with zero attached hydrogens (tertiary/aromatic N) is 5. The van der Waals surface area contributed by atoms with E-state index in [1.807, 2.05) is 6.92 Å². The number of aromatic nitrogens is 5. The molecule has 0 radical (unpaired) electrons. The van der Waals surface area contributed by atoms with Crippen LogP contribution in [-0.4, -0.2) is 47.7 Å². The van der Waals surface area contributed by atoms with E-state index in [1.165, 1.54) is 4.68 Å². The molecule has 4 rings (SSSR count). The SMILES string of the molecule is Cc1nc(-c2ccccn2)c(F)c(Nc2ccnc3cn(C[C@H](O)CO)nc23)c1C. The average Bonchev–Trinajstić information content (AvgIpc) is 3.17. The molecule has 0 saturated heterocycles. The van der Waals surface area contributed by atoms with Crippen LogP contribution in [0.15, 0.2) is 42.9 Å².